The quantitative estimate of drug-likeness (QED) is 0.399. The minimum atomic E-state index is 0.0161. The zero-order chi connectivity index (χ0) is 22.1. The highest BCUT2D eigenvalue weighted by Crippen LogP contribution is 2.35. The number of rotatable bonds is 7. The van der Waals surface area contributed by atoms with Gasteiger partial charge in [0, 0.05) is 30.6 Å². The number of furan rings is 1. The molecule has 0 aliphatic heterocycles. The normalized spacial score (nSPS) is 15.4. The summed E-state index contributed by atoms with van der Waals surface area (Å²) in [5.41, 5.74) is 17.1. The zero-order valence-corrected chi connectivity index (χ0v) is 18.3. The second-order valence-electron chi connectivity index (χ2n) is 8.68. The summed E-state index contributed by atoms with van der Waals surface area (Å²) in [5, 5.41) is 3.43. The molecule has 32 heavy (non-hydrogen) atoms. The lowest BCUT2D eigenvalue weighted by Crippen LogP contribution is -2.21. The van der Waals surface area contributed by atoms with Crippen LogP contribution in [0.25, 0.3) is 22.3 Å². The number of nitrogen functional groups attached to an aromatic ring is 1. The van der Waals surface area contributed by atoms with Gasteiger partial charge in [-0.15, -0.1) is 0 Å². The van der Waals surface area contributed by atoms with Gasteiger partial charge in [0.25, 0.3) is 0 Å². The van der Waals surface area contributed by atoms with Gasteiger partial charge in [0.2, 0.25) is 5.95 Å². The van der Waals surface area contributed by atoms with Crippen LogP contribution in [-0.4, -0.2) is 25.6 Å². The van der Waals surface area contributed by atoms with Gasteiger partial charge in [0.1, 0.15) is 5.82 Å². The molecular weight excluding hydrogens is 402 g/mol. The third-order valence-corrected chi connectivity index (χ3v) is 6.09. The van der Waals surface area contributed by atoms with Gasteiger partial charge < -0.3 is 25.8 Å². The van der Waals surface area contributed by atoms with E-state index < -0.39 is 0 Å². The van der Waals surface area contributed by atoms with Crippen molar-refractivity contribution >= 4 is 22.9 Å². The Labute approximate surface area is 187 Å². The van der Waals surface area contributed by atoms with Crippen molar-refractivity contribution in [2.75, 3.05) is 11.1 Å². The third kappa shape index (κ3) is 4.05. The number of hydrogen-bond acceptors (Lipinski definition) is 7. The smallest absolute Gasteiger partial charge is 0.224 e. The van der Waals surface area contributed by atoms with Crippen LogP contribution in [0.2, 0.25) is 0 Å². The molecule has 0 radical (unpaired) electrons. The van der Waals surface area contributed by atoms with Gasteiger partial charge in [-0.2, -0.15) is 9.97 Å². The fourth-order valence-electron chi connectivity index (χ4n) is 4.57. The molecule has 1 aromatic carbocycles. The summed E-state index contributed by atoms with van der Waals surface area (Å²) in [6, 6.07) is 10.7. The fraction of sp³-hybridized carbons (Fsp3) is 0.375. The van der Waals surface area contributed by atoms with Crippen LogP contribution in [0.3, 0.4) is 0 Å². The third-order valence-electron chi connectivity index (χ3n) is 6.09. The summed E-state index contributed by atoms with van der Waals surface area (Å²) >= 11 is 0. The molecule has 4 aromatic rings. The van der Waals surface area contributed by atoms with Crippen molar-refractivity contribution in [3.8, 4) is 11.1 Å². The van der Waals surface area contributed by atoms with Crippen LogP contribution in [0.4, 0.5) is 11.8 Å². The maximum atomic E-state index is 6.13. The zero-order valence-electron chi connectivity index (χ0n) is 18.3. The Kier molecular flexibility index (Phi) is 5.53. The van der Waals surface area contributed by atoms with Crippen LogP contribution in [0.15, 0.2) is 47.3 Å². The number of hydrogen-bond donors (Lipinski definition) is 3. The molecule has 3 aromatic heterocycles. The minimum Gasteiger partial charge on any atom is -0.472 e. The van der Waals surface area contributed by atoms with Gasteiger partial charge in [-0.25, -0.2) is 4.98 Å². The molecule has 0 bridgehead atoms. The van der Waals surface area contributed by atoms with Crippen LogP contribution < -0.4 is 16.8 Å². The molecule has 1 fully saturated rings. The van der Waals surface area contributed by atoms with Crippen molar-refractivity contribution in [2.45, 2.75) is 57.7 Å². The average Bonchev–Trinajstić information content (AvgIpc) is 3.53. The van der Waals surface area contributed by atoms with Crippen molar-refractivity contribution in [1.29, 1.82) is 0 Å². The number of nitrogens with one attached hydrogen (secondary N) is 1. The molecule has 8 nitrogen and oxygen atoms in total. The number of nitrogens with two attached hydrogens (primary N) is 2. The Balaban J connectivity index is 1.44. The first kappa shape index (κ1) is 20.5. The molecule has 1 atom stereocenters. The summed E-state index contributed by atoms with van der Waals surface area (Å²) in [6.07, 6.45) is 8.83. The Morgan fingerprint density at radius 3 is 2.56 bits per heavy atom. The molecule has 1 unspecified atom stereocenters. The SMILES string of the molecule is CC(N)Cc1nc2c(NCc3ccc(-c4ccoc4)cc3)nc(N)nc2n1C1CCCC1. The summed E-state index contributed by atoms with van der Waals surface area (Å²) in [7, 11) is 0. The van der Waals surface area contributed by atoms with Gasteiger partial charge in [-0.3, -0.25) is 0 Å². The monoisotopic (exact) mass is 431 g/mol. The Hall–Kier alpha value is -3.39. The Morgan fingerprint density at radius 1 is 1.09 bits per heavy atom. The van der Waals surface area contributed by atoms with Crippen molar-refractivity contribution < 1.29 is 4.42 Å². The number of fused-ring (bicyclic) bond motifs is 1. The van der Waals surface area contributed by atoms with E-state index in [1.165, 1.54) is 12.8 Å². The molecule has 0 amide bonds. The molecule has 3 heterocycles. The molecular formula is C24H29N7O. The molecule has 166 valence electrons. The van der Waals surface area contributed by atoms with Crippen LogP contribution in [0.5, 0.6) is 0 Å². The van der Waals surface area contributed by atoms with E-state index in [1.807, 2.05) is 13.0 Å². The first-order valence-electron chi connectivity index (χ1n) is 11.2. The van der Waals surface area contributed by atoms with Crippen molar-refractivity contribution in [1.82, 2.24) is 19.5 Å². The van der Waals surface area contributed by atoms with Crippen molar-refractivity contribution in [2.24, 2.45) is 5.73 Å². The maximum absolute atomic E-state index is 6.13. The maximum Gasteiger partial charge on any atom is 0.224 e. The van der Waals surface area contributed by atoms with E-state index in [1.54, 1.807) is 12.5 Å². The first-order valence-corrected chi connectivity index (χ1v) is 11.2. The van der Waals surface area contributed by atoms with Crippen molar-refractivity contribution in [3.05, 3.63) is 54.2 Å². The molecule has 0 saturated heterocycles. The molecule has 1 aliphatic carbocycles. The summed E-state index contributed by atoms with van der Waals surface area (Å²) < 4.78 is 7.43. The van der Waals surface area contributed by atoms with E-state index in [0.717, 1.165) is 46.5 Å². The van der Waals surface area contributed by atoms with E-state index in [9.17, 15) is 0 Å². The van der Waals surface area contributed by atoms with Gasteiger partial charge in [0.15, 0.2) is 17.0 Å². The summed E-state index contributed by atoms with van der Waals surface area (Å²) in [6.45, 7) is 2.61. The number of nitrogens with zero attached hydrogens (tertiary/aromatic N) is 4. The average molecular weight is 432 g/mol. The number of aromatic nitrogens is 4. The number of imidazole rings is 1. The van der Waals surface area contributed by atoms with Gasteiger partial charge in [0.05, 0.1) is 12.5 Å². The molecule has 8 heteroatoms. The lowest BCUT2D eigenvalue weighted by molar-refractivity contribution is 0.499. The van der Waals surface area contributed by atoms with Crippen LogP contribution in [0.1, 0.15) is 50.0 Å². The minimum absolute atomic E-state index is 0.0161. The predicted molar refractivity (Wildman–Crippen MR) is 126 cm³/mol. The largest absolute Gasteiger partial charge is 0.472 e. The molecule has 1 saturated carbocycles. The summed E-state index contributed by atoms with van der Waals surface area (Å²) in [5.74, 6) is 1.88. The highest BCUT2D eigenvalue weighted by Gasteiger charge is 2.25. The van der Waals surface area contributed by atoms with E-state index in [0.29, 0.717) is 24.8 Å². The lowest BCUT2D eigenvalue weighted by Gasteiger charge is -2.16. The van der Waals surface area contributed by atoms with E-state index in [-0.39, 0.29) is 12.0 Å². The number of anilines is 2. The van der Waals surface area contributed by atoms with E-state index >= 15 is 0 Å². The molecule has 1 aliphatic rings. The van der Waals surface area contributed by atoms with Gasteiger partial charge >= 0.3 is 0 Å². The fourth-order valence-corrected chi connectivity index (χ4v) is 4.57. The van der Waals surface area contributed by atoms with Crippen LogP contribution in [-0.2, 0) is 13.0 Å². The van der Waals surface area contributed by atoms with Gasteiger partial charge in [-0.1, -0.05) is 37.1 Å². The summed E-state index contributed by atoms with van der Waals surface area (Å²) in [4.78, 5) is 14.0. The second kappa shape index (κ2) is 8.63. The highest BCUT2D eigenvalue weighted by atomic mass is 16.3. The van der Waals surface area contributed by atoms with Gasteiger partial charge in [-0.05, 0) is 37.0 Å². The second-order valence-corrected chi connectivity index (χ2v) is 8.68. The first-order chi connectivity index (χ1) is 15.6. The standard InChI is InChI=1S/C24H29N7O/c1-15(25)12-20-28-21-22(29-24(26)30-23(21)31(20)19-4-2-3-5-19)27-13-16-6-8-17(9-7-16)18-10-11-32-14-18/h6-11,14-15,19H,2-5,12-13,25H2,1H3,(H3,26,27,29,30). The lowest BCUT2D eigenvalue weighted by atomic mass is 10.1. The van der Waals surface area contributed by atoms with E-state index in [4.69, 9.17) is 20.9 Å². The predicted octanol–water partition coefficient (Wildman–Crippen LogP) is 4.29. The van der Waals surface area contributed by atoms with E-state index in [2.05, 4.69) is 44.1 Å². The Bertz CT molecular complexity index is 1190. The van der Waals surface area contributed by atoms with Crippen LogP contribution in [0, 0.1) is 0 Å². The topological polar surface area (TPSA) is 121 Å². The number of benzene rings is 1. The van der Waals surface area contributed by atoms with Crippen LogP contribution >= 0.6 is 0 Å². The Morgan fingerprint density at radius 2 is 1.88 bits per heavy atom. The molecule has 5 rings (SSSR count). The molecule has 0 spiro atoms. The molecule has 5 N–H and O–H groups in total. The van der Waals surface area contributed by atoms with Crippen molar-refractivity contribution in [3.63, 3.8) is 0 Å². The highest BCUT2D eigenvalue weighted by molar-refractivity contribution is 5.85.